The summed E-state index contributed by atoms with van der Waals surface area (Å²) in [7, 11) is 5.69. The van der Waals surface area contributed by atoms with Crippen LogP contribution in [0.3, 0.4) is 0 Å². The minimum atomic E-state index is -0.0711. The Kier molecular flexibility index (Phi) is 9.01. The van der Waals surface area contributed by atoms with E-state index in [1.54, 1.807) is 13.3 Å². The molecule has 0 aromatic rings. The molecule has 0 aliphatic carbocycles. The summed E-state index contributed by atoms with van der Waals surface area (Å²) in [6.07, 6.45) is 2.58. The van der Waals surface area contributed by atoms with Gasteiger partial charge in [-0.1, -0.05) is 0 Å². The third-order valence-electron chi connectivity index (χ3n) is 1.71. The second-order valence-corrected chi connectivity index (χ2v) is 3.46. The van der Waals surface area contributed by atoms with Crippen LogP contribution in [0.15, 0.2) is 4.99 Å². The quantitative estimate of drug-likeness (QED) is 0.449. The summed E-state index contributed by atoms with van der Waals surface area (Å²) in [5.74, 6) is -0.0711. The van der Waals surface area contributed by atoms with Gasteiger partial charge in [-0.05, 0) is 27.1 Å². The normalized spacial score (nSPS) is 11.2. The number of carbonyl (C=O) groups excluding carboxylic acids is 1. The number of rotatable bonds is 8. The van der Waals surface area contributed by atoms with Gasteiger partial charge < -0.3 is 15.0 Å². The first-order chi connectivity index (χ1) is 7.16. The Morgan fingerprint density at radius 3 is 2.87 bits per heavy atom. The summed E-state index contributed by atoms with van der Waals surface area (Å²) in [5, 5.41) is 2.78. The molecule has 0 unspecified atom stereocenters. The van der Waals surface area contributed by atoms with Crippen LogP contribution in [0.2, 0.25) is 0 Å². The highest BCUT2D eigenvalue weighted by molar-refractivity contribution is 5.77. The molecule has 0 saturated heterocycles. The zero-order valence-electron chi connectivity index (χ0n) is 9.82. The number of nitrogens with one attached hydrogen (secondary N) is 1. The molecule has 5 heteroatoms. The van der Waals surface area contributed by atoms with Gasteiger partial charge in [-0.3, -0.25) is 9.79 Å². The number of amides is 1. The van der Waals surface area contributed by atoms with Gasteiger partial charge in [0.1, 0.15) is 6.61 Å². The van der Waals surface area contributed by atoms with Crippen LogP contribution in [0.1, 0.15) is 6.42 Å². The Morgan fingerprint density at radius 1 is 1.53 bits per heavy atom. The third-order valence-corrected chi connectivity index (χ3v) is 1.71. The predicted octanol–water partition coefficient (Wildman–Crippen LogP) is -0.228. The van der Waals surface area contributed by atoms with E-state index in [2.05, 4.69) is 15.2 Å². The molecule has 0 radical (unpaired) electrons. The van der Waals surface area contributed by atoms with Crippen molar-refractivity contribution in [2.24, 2.45) is 4.99 Å². The van der Waals surface area contributed by atoms with E-state index in [0.717, 1.165) is 13.0 Å². The molecule has 0 aliphatic rings. The maximum absolute atomic E-state index is 11.2. The van der Waals surface area contributed by atoms with Gasteiger partial charge >= 0.3 is 0 Å². The molecule has 88 valence electrons. The molecule has 0 bridgehead atoms. The van der Waals surface area contributed by atoms with Crippen molar-refractivity contribution in [1.29, 1.82) is 0 Å². The summed E-state index contributed by atoms with van der Waals surface area (Å²) >= 11 is 0. The van der Waals surface area contributed by atoms with Gasteiger partial charge in [-0.2, -0.15) is 0 Å². The van der Waals surface area contributed by atoms with Gasteiger partial charge in [0, 0.05) is 19.8 Å². The van der Waals surface area contributed by atoms with E-state index in [-0.39, 0.29) is 12.5 Å². The van der Waals surface area contributed by atoms with Crippen molar-refractivity contribution in [3.05, 3.63) is 0 Å². The Bertz CT molecular complexity index is 193. The summed E-state index contributed by atoms with van der Waals surface area (Å²) in [6.45, 7) is 2.17. The molecule has 0 fully saturated rings. The van der Waals surface area contributed by atoms with Crippen molar-refractivity contribution in [1.82, 2.24) is 10.2 Å². The molecule has 0 saturated carbocycles. The fraction of sp³-hybridized carbons (Fsp3) is 0.800. The molecule has 1 N–H and O–H groups in total. The Morgan fingerprint density at radius 2 is 2.27 bits per heavy atom. The van der Waals surface area contributed by atoms with Crippen LogP contribution in [-0.2, 0) is 9.53 Å². The van der Waals surface area contributed by atoms with E-state index in [1.807, 2.05) is 14.1 Å². The first-order valence-corrected chi connectivity index (χ1v) is 5.06. The minimum absolute atomic E-state index is 0.0711. The standard InChI is InChI=1S/C10H21N3O2/c1-11-6-8-15-9-10(14)12-5-4-7-13(2)3/h6H,4-5,7-9H2,1-3H3,(H,12,14). The largest absolute Gasteiger partial charge is 0.366 e. The highest BCUT2D eigenvalue weighted by Gasteiger charge is 1.99. The van der Waals surface area contributed by atoms with Gasteiger partial charge in [0.15, 0.2) is 0 Å². The third kappa shape index (κ3) is 11.0. The van der Waals surface area contributed by atoms with Crippen LogP contribution in [0.5, 0.6) is 0 Å². The smallest absolute Gasteiger partial charge is 0.246 e. The number of hydrogen-bond donors (Lipinski definition) is 1. The molecule has 0 heterocycles. The van der Waals surface area contributed by atoms with Gasteiger partial charge in [-0.15, -0.1) is 0 Å². The monoisotopic (exact) mass is 215 g/mol. The number of carbonyl (C=O) groups is 1. The number of hydrogen-bond acceptors (Lipinski definition) is 4. The molecule has 1 amide bonds. The topological polar surface area (TPSA) is 53.9 Å². The SMILES string of the molecule is CN=CCOCC(=O)NCCCN(C)C. The molecule has 0 aromatic heterocycles. The highest BCUT2D eigenvalue weighted by Crippen LogP contribution is 1.81. The zero-order chi connectivity index (χ0) is 11.5. The van der Waals surface area contributed by atoms with Crippen molar-refractivity contribution in [2.75, 3.05) is 47.4 Å². The van der Waals surface area contributed by atoms with Crippen LogP contribution in [0, 0.1) is 0 Å². The summed E-state index contributed by atoms with van der Waals surface area (Å²) in [5.41, 5.74) is 0. The van der Waals surface area contributed by atoms with E-state index in [9.17, 15) is 4.79 Å². The van der Waals surface area contributed by atoms with Crippen LogP contribution >= 0.6 is 0 Å². The van der Waals surface area contributed by atoms with Gasteiger partial charge in [0.2, 0.25) is 5.91 Å². The lowest BCUT2D eigenvalue weighted by Gasteiger charge is -2.09. The predicted molar refractivity (Wildman–Crippen MR) is 61.4 cm³/mol. The Hall–Kier alpha value is -0.940. The Balaban J connectivity index is 3.26. The molecular weight excluding hydrogens is 194 g/mol. The highest BCUT2D eigenvalue weighted by atomic mass is 16.5. The van der Waals surface area contributed by atoms with Crippen molar-refractivity contribution in [2.45, 2.75) is 6.42 Å². The van der Waals surface area contributed by atoms with Crippen LogP contribution in [-0.4, -0.2) is 64.5 Å². The van der Waals surface area contributed by atoms with Crippen molar-refractivity contribution in [3.63, 3.8) is 0 Å². The molecule has 5 nitrogen and oxygen atoms in total. The lowest BCUT2D eigenvalue weighted by molar-refractivity contribution is -0.125. The number of aliphatic imine (C=N–C) groups is 1. The molecule has 0 aliphatic heterocycles. The summed E-state index contributed by atoms with van der Waals surface area (Å²) < 4.78 is 5.04. The van der Waals surface area contributed by atoms with E-state index in [4.69, 9.17) is 4.74 Å². The molecule has 0 atom stereocenters. The summed E-state index contributed by atoms with van der Waals surface area (Å²) in [4.78, 5) is 17.0. The van der Waals surface area contributed by atoms with Crippen molar-refractivity contribution in [3.8, 4) is 0 Å². The average molecular weight is 215 g/mol. The Labute approximate surface area is 91.5 Å². The fourth-order valence-corrected chi connectivity index (χ4v) is 0.953. The van der Waals surface area contributed by atoms with Crippen LogP contribution in [0.4, 0.5) is 0 Å². The van der Waals surface area contributed by atoms with E-state index >= 15 is 0 Å². The molecule has 0 spiro atoms. The maximum atomic E-state index is 11.2. The first-order valence-electron chi connectivity index (χ1n) is 5.06. The zero-order valence-corrected chi connectivity index (χ0v) is 9.82. The van der Waals surface area contributed by atoms with Crippen molar-refractivity contribution < 1.29 is 9.53 Å². The molecule has 0 rings (SSSR count). The van der Waals surface area contributed by atoms with Crippen LogP contribution < -0.4 is 5.32 Å². The molecule has 0 aromatic carbocycles. The van der Waals surface area contributed by atoms with Gasteiger partial charge in [0.25, 0.3) is 0 Å². The maximum Gasteiger partial charge on any atom is 0.246 e. The van der Waals surface area contributed by atoms with Gasteiger partial charge in [-0.25, -0.2) is 0 Å². The molecule has 15 heavy (non-hydrogen) atoms. The van der Waals surface area contributed by atoms with Gasteiger partial charge in [0.05, 0.1) is 6.61 Å². The van der Waals surface area contributed by atoms with Crippen LogP contribution in [0.25, 0.3) is 0 Å². The second-order valence-electron chi connectivity index (χ2n) is 3.46. The fourth-order valence-electron chi connectivity index (χ4n) is 0.953. The summed E-state index contributed by atoms with van der Waals surface area (Å²) in [6, 6.07) is 0. The van der Waals surface area contributed by atoms with E-state index in [1.165, 1.54) is 0 Å². The minimum Gasteiger partial charge on any atom is -0.366 e. The van der Waals surface area contributed by atoms with E-state index < -0.39 is 0 Å². The number of ether oxygens (including phenoxy) is 1. The second kappa shape index (κ2) is 9.61. The number of nitrogens with zero attached hydrogens (tertiary/aromatic N) is 2. The van der Waals surface area contributed by atoms with E-state index in [0.29, 0.717) is 13.2 Å². The molecular formula is C10H21N3O2. The van der Waals surface area contributed by atoms with Crippen molar-refractivity contribution >= 4 is 12.1 Å². The lowest BCUT2D eigenvalue weighted by Crippen LogP contribution is -2.30. The first kappa shape index (κ1) is 14.1. The average Bonchev–Trinajstić information content (AvgIpc) is 2.19. The lowest BCUT2D eigenvalue weighted by atomic mass is 10.4.